The van der Waals surface area contributed by atoms with Gasteiger partial charge in [0.05, 0.1) is 23.9 Å². The largest absolute Gasteiger partial charge is 0.481 e. The Hall–Kier alpha value is -0.660. The zero-order valence-electron chi connectivity index (χ0n) is 11.8. The van der Waals surface area contributed by atoms with Gasteiger partial charge >= 0.3 is 5.97 Å². The summed E-state index contributed by atoms with van der Waals surface area (Å²) in [7, 11) is -3.44. The van der Waals surface area contributed by atoms with Crippen molar-refractivity contribution < 1.29 is 23.1 Å². The minimum Gasteiger partial charge on any atom is -0.481 e. The molecule has 1 unspecified atom stereocenters. The summed E-state index contributed by atoms with van der Waals surface area (Å²) in [5.41, 5.74) is -0.982. The topological polar surface area (TPSA) is 83.9 Å². The van der Waals surface area contributed by atoms with Gasteiger partial charge in [-0.3, -0.25) is 4.79 Å². The van der Waals surface area contributed by atoms with Crippen LogP contribution >= 0.6 is 0 Å². The van der Waals surface area contributed by atoms with Gasteiger partial charge in [-0.1, -0.05) is 0 Å². The van der Waals surface area contributed by atoms with E-state index < -0.39 is 21.4 Å². The molecule has 0 saturated carbocycles. The average Bonchev–Trinajstić information content (AvgIpc) is 2.28. The Morgan fingerprint density at radius 3 is 2.63 bits per heavy atom. The molecule has 112 valence electrons. The normalized spacial score (nSPS) is 25.7. The van der Waals surface area contributed by atoms with Crippen molar-refractivity contribution in [2.45, 2.75) is 39.7 Å². The number of carbonyl (C=O) groups is 1. The third-order valence-corrected chi connectivity index (χ3v) is 5.14. The summed E-state index contributed by atoms with van der Waals surface area (Å²) in [6.45, 7) is 5.87. The molecule has 1 saturated heterocycles. The fraction of sp³-hybridized carbons (Fsp3) is 0.917. The van der Waals surface area contributed by atoms with Crippen molar-refractivity contribution >= 4 is 16.0 Å². The summed E-state index contributed by atoms with van der Waals surface area (Å²) in [6, 6.07) is 0. The molecule has 0 radical (unpaired) electrons. The lowest BCUT2D eigenvalue weighted by molar-refractivity contribution is -0.150. The molecule has 1 rings (SSSR count). The maximum atomic E-state index is 12.1. The zero-order valence-corrected chi connectivity index (χ0v) is 12.6. The molecular weight excluding hydrogens is 270 g/mol. The van der Waals surface area contributed by atoms with E-state index in [0.717, 1.165) is 0 Å². The van der Waals surface area contributed by atoms with Gasteiger partial charge in [-0.05, 0) is 33.6 Å². The Kier molecular flexibility index (Phi) is 5.34. The lowest BCUT2D eigenvalue weighted by Gasteiger charge is -2.36. The number of piperidine rings is 1. The van der Waals surface area contributed by atoms with Crippen LogP contribution < -0.4 is 0 Å². The highest BCUT2D eigenvalue weighted by Crippen LogP contribution is 2.31. The smallest absolute Gasteiger partial charge is 0.310 e. The second kappa shape index (κ2) is 6.19. The Labute approximate surface area is 114 Å². The second-order valence-corrected chi connectivity index (χ2v) is 7.63. The molecule has 0 aromatic heterocycles. The molecule has 1 fully saturated rings. The highest BCUT2D eigenvalue weighted by atomic mass is 32.2. The average molecular weight is 293 g/mol. The van der Waals surface area contributed by atoms with Crippen LogP contribution in [0.25, 0.3) is 0 Å². The molecule has 0 aromatic rings. The Morgan fingerprint density at radius 1 is 1.47 bits per heavy atom. The predicted molar refractivity (Wildman–Crippen MR) is 71.4 cm³/mol. The Morgan fingerprint density at radius 2 is 2.11 bits per heavy atom. The lowest BCUT2D eigenvalue weighted by atomic mass is 9.83. The summed E-state index contributed by atoms with van der Waals surface area (Å²) < 4.78 is 30.8. The maximum absolute atomic E-state index is 12.1. The molecular formula is C12H23NO5S. The molecule has 0 aliphatic carbocycles. The van der Waals surface area contributed by atoms with Gasteiger partial charge in [-0.15, -0.1) is 0 Å². The highest BCUT2D eigenvalue weighted by Gasteiger charge is 2.41. The molecule has 0 spiro atoms. The third kappa shape index (κ3) is 4.43. The number of nitrogens with zero attached hydrogens (tertiary/aromatic N) is 1. The van der Waals surface area contributed by atoms with Crippen LogP contribution in [0.15, 0.2) is 0 Å². The van der Waals surface area contributed by atoms with Gasteiger partial charge in [-0.2, -0.15) is 0 Å². The van der Waals surface area contributed by atoms with Crippen molar-refractivity contribution in [3.05, 3.63) is 0 Å². The molecule has 0 aromatic carbocycles. The van der Waals surface area contributed by atoms with E-state index in [4.69, 9.17) is 4.74 Å². The van der Waals surface area contributed by atoms with Gasteiger partial charge in [0.1, 0.15) is 0 Å². The van der Waals surface area contributed by atoms with Gasteiger partial charge in [-0.25, -0.2) is 12.7 Å². The number of hydrogen-bond acceptors (Lipinski definition) is 4. The monoisotopic (exact) mass is 293 g/mol. The predicted octanol–water partition coefficient (Wildman–Crippen LogP) is 0.928. The Balaban J connectivity index is 2.65. The summed E-state index contributed by atoms with van der Waals surface area (Å²) in [6.07, 6.45) is 1.07. The molecule has 1 N–H and O–H groups in total. The van der Waals surface area contributed by atoms with Crippen LogP contribution in [0.2, 0.25) is 0 Å². The van der Waals surface area contributed by atoms with Crippen molar-refractivity contribution in [3.63, 3.8) is 0 Å². The van der Waals surface area contributed by atoms with Crippen LogP contribution in [0.3, 0.4) is 0 Å². The summed E-state index contributed by atoms with van der Waals surface area (Å²) in [5, 5.41) is 9.18. The van der Waals surface area contributed by atoms with E-state index in [9.17, 15) is 18.3 Å². The molecule has 6 nitrogen and oxygen atoms in total. The fourth-order valence-corrected chi connectivity index (χ4v) is 3.58. The van der Waals surface area contributed by atoms with Crippen molar-refractivity contribution in [1.82, 2.24) is 4.31 Å². The van der Waals surface area contributed by atoms with Crippen molar-refractivity contribution in [2.75, 3.05) is 25.4 Å². The number of sulfonamides is 1. The van der Waals surface area contributed by atoms with Crippen LogP contribution in [-0.4, -0.2) is 55.4 Å². The first kappa shape index (κ1) is 16.4. The van der Waals surface area contributed by atoms with Crippen LogP contribution in [-0.2, 0) is 19.6 Å². The number of aliphatic carboxylic acids is 1. The third-order valence-electron chi connectivity index (χ3n) is 3.36. The summed E-state index contributed by atoms with van der Waals surface area (Å²) >= 11 is 0. The van der Waals surface area contributed by atoms with E-state index in [-0.39, 0.29) is 25.0 Å². The standard InChI is InChI=1S/C12H23NO5S/c1-10(2)18-7-8-19(16,17)13-6-4-5-12(3,9-13)11(14)15/h10H,4-9H2,1-3H3,(H,14,15). The molecule has 1 heterocycles. The molecule has 19 heavy (non-hydrogen) atoms. The fourth-order valence-electron chi connectivity index (χ4n) is 2.12. The van der Waals surface area contributed by atoms with E-state index in [1.807, 2.05) is 13.8 Å². The molecule has 0 bridgehead atoms. The van der Waals surface area contributed by atoms with Gasteiger partial charge in [0.15, 0.2) is 0 Å². The van der Waals surface area contributed by atoms with E-state index >= 15 is 0 Å². The minimum absolute atomic E-state index is 0.0131. The summed E-state index contributed by atoms with van der Waals surface area (Å²) in [4.78, 5) is 11.2. The van der Waals surface area contributed by atoms with Crippen LogP contribution in [0.5, 0.6) is 0 Å². The SMILES string of the molecule is CC(C)OCCS(=O)(=O)N1CCCC(C)(C(=O)O)C1. The Bertz CT molecular complexity index is 420. The van der Waals surface area contributed by atoms with Gasteiger partial charge in [0.2, 0.25) is 10.0 Å². The van der Waals surface area contributed by atoms with E-state index in [1.54, 1.807) is 6.92 Å². The zero-order chi connectivity index (χ0) is 14.7. The second-order valence-electron chi connectivity index (χ2n) is 5.54. The number of carboxylic acid groups (broad SMARTS) is 1. The number of carboxylic acids is 1. The number of hydrogen-bond donors (Lipinski definition) is 1. The van der Waals surface area contributed by atoms with Gasteiger partial charge in [0.25, 0.3) is 0 Å². The van der Waals surface area contributed by atoms with Gasteiger partial charge < -0.3 is 9.84 Å². The van der Waals surface area contributed by atoms with Crippen LogP contribution in [0, 0.1) is 5.41 Å². The van der Waals surface area contributed by atoms with Crippen LogP contribution in [0.4, 0.5) is 0 Å². The van der Waals surface area contributed by atoms with Crippen molar-refractivity contribution in [2.24, 2.45) is 5.41 Å². The lowest BCUT2D eigenvalue weighted by Crippen LogP contribution is -2.49. The first-order valence-corrected chi connectivity index (χ1v) is 8.11. The van der Waals surface area contributed by atoms with Gasteiger partial charge in [0, 0.05) is 13.1 Å². The highest BCUT2D eigenvalue weighted by molar-refractivity contribution is 7.89. The van der Waals surface area contributed by atoms with E-state index in [1.165, 1.54) is 4.31 Å². The maximum Gasteiger partial charge on any atom is 0.310 e. The summed E-state index contributed by atoms with van der Waals surface area (Å²) in [5.74, 6) is -1.04. The molecule has 0 amide bonds. The first-order valence-electron chi connectivity index (χ1n) is 6.50. The molecule has 1 atom stereocenters. The molecule has 1 aliphatic rings. The molecule has 1 aliphatic heterocycles. The van der Waals surface area contributed by atoms with E-state index in [2.05, 4.69) is 0 Å². The van der Waals surface area contributed by atoms with Crippen LogP contribution in [0.1, 0.15) is 33.6 Å². The number of rotatable bonds is 6. The molecule has 7 heteroatoms. The first-order chi connectivity index (χ1) is 8.67. The van der Waals surface area contributed by atoms with Crippen molar-refractivity contribution in [3.8, 4) is 0 Å². The number of ether oxygens (including phenoxy) is 1. The van der Waals surface area contributed by atoms with Crippen molar-refractivity contribution in [1.29, 1.82) is 0 Å². The quantitative estimate of drug-likeness (QED) is 0.787. The minimum atomic E-state index is -3.44. The van der Waals surface area contributed by atoms with E-state index in [0.29, 0.717) is 19.4 Å².